The predicted molar refractivity (Wildman–Crippen MR) is 109 cm³/mol. The molecule has 26 heavy (non-hydrogen) atoms. The molecule has 1 aromatic carbocycles. The minimum absolute atomic E-state index is 0.533. The van der Waals surface area contributed by atoms with E-state index in [9.17, 15) is 0 Å². The van der Waals surface area contributed by atoms with Gasteiger partial charge in [0.1, 0.15) is 5.82 Å². The molecule has 6 heteroatoms. The number of benzene rings is 1. The van der Waals surface area contributed by atoms with E-state index in [1.807, 2.05) is 22.9 Å². The van der Waals surface area contributed by atoms with E-state index >= 15 is 0 Å². The molecule has 0 spiro atoms. The maximum absolute atomic E-state index is 6.52. The summed E-state index contributed by atoms with van der Waals surface area (Å²) in [6.45, 7) is 6.68. The Labute approximate surface area is 165 Å². The van der Waals surface area contributed by atoms with Gasteiger partial charge >= 0.3 is 0 Å². The van der Waals surface area contributed by atoms with E-state index in [2.05, 4.69) is 17.1 Å². The Hall–Kier alpha value is -1.23. The fraction of sp³-hybridized carbons (Fsp3) is 0.550. The first-order chi connectivity index (χ1) is 12.7. The van der Waals surface area contributed by atoms with Gasteiger partial charge in [-0.3, -0.25) is 0 Å². The van der Waals surface area contributed by atoms with Crippen LogP contribution in [0.1, 0.15) is 49.8 Å². The van der Waals surface area contributed by atoms with Crippen LogP contribution in [0.25, 0.3) is 5.69 Å². The molecule has 2 aromatic rings. The van der Waals surface area contributed by atoms with Gasteiger partial charge in [-0.2, -0.15) is 5.10 Å². The van der Waals surface area contributed by atoms with Crippen LogP contribution in [-0.2, 0) is 6.42 Å². The van der Waals surface area contributed by atoms with Crippen molar-refractivity contribution >= 4 is 29.0 Å². The van der Waals surface area contributed by atoms with Crippen LogP contribution in [-0.4, -0.2) is 40.9 Å². The van der Waals surface area contributed by atoms with Crippen molar-refractivity contribution in [3.05, 3.63) is 39.5 Å². The molecule has 140 valence electrons. The molecule has 0 aliphatic carbocycles. The second-order valence-electron chi connectivity index (χ2n) is 7.29. The number of halogens is 2. The highest BCUT2D eigenvalue weighted by Crippen LogP contribution is 2.38. The zero-order valence-electron chi connectivity index (χ0n) is 15.3. The molecule has 1 fully saturated rings. The number of aromatic nitrogens is 2. The average molecular weight is 393 g/mol. The highest BCUT2D eigenvalue weighted by Gasteiger charge is 2.29. The first kappa shape index (κ1) is 18.1. The van der Waals surface area contributed by atoms with Crippen LogP contribution < -0.4 is 5.32 Å². The number of hydrogen-bond donors (Lipinski definition) is 1. The van der Waals surface area contributed by atoms with Gasteiger partial charge in [-0.25, -0.2) is 4.68 Å². The standard InChI is InChI=1S/C20H26Cl2N4/c1-2-25-12-9-14(10-13-25)19-15-6-3-4-11-23-20(15)26(24-19)17-8-5-7-16(21)18(17)22/h5,7-8,14,23H,2-4,6,9-13H2,1H3. The van der Waals surface area contributed by atoms with Crippen molar-refractivity contribution in [1.29, 1.82) is 0 Å². The predicted octanol–water partition coefficient (Wildman–Crippen LogP) is 5.13. The smallest absolute Gasteiger partial charge is 0.133 e. The molecule has 0 saturated carbocycles. The summed E-state index contributed by atoms with van der Waals surface area (Å²) in [4.78, 5) is 2.53. The van der Waals surface area contributed by atoms with Crippen molar-refractivity contribution in [2.75, 3.05) is 31.5 Å². The van der Waals surface area contributed by atoms with Crippen LogP contribution in [0.3, 0.4) is 0 Å². The van der Waals surface area contributed by atoms with Crippen LogP contribution in [0.15, 0.2) is 18.2 Å². The SMILES string of the molecule is CCN1CCC(c2nn(-c3cccc(Cl)c3Cl)c3c2CCCCN3)CC1. The molecule has 0 unspecified atom stereocenters. The fourth-order valence-electron chi connectivity index (χ4n) is 4.21. The number of likely N-dealkylation sites (tertiary alicyclic amines) is 1. The van der Waals surface area contributed by atoms with Crippen molar-refractivity contribution in [1.82, 2.24) is 14.7 Å². The van der Waals surface area contributed by atoms with Gasteiger partial charge < -0.3 is 10.2 Å². The number of nitrogens with zero attached hydrogens (tertiary/aromatic N) is 3. The number of anilines is 1. The van der Waals surface area contributed by atoms with E-state index in [-0.39, 0.29) is 0 Å². The summed E-state index contributed by atoms with van der Waals surface area (Å²) >= 11 is 12.8. The van der Waals surface area contributed by atoms with E-state index < -0.39 is 0 Å². The van der Waals surface area contributed by atoms with Crippen LogP contribution in [0.5, 0.6) is 0 Å². The molecular formula is C20H26Cl2N4. The molecule has 2 aliphatic heterocycles. The highest BCUT2D eigenvalue weighted by molar-refractivity contribution is 6.43. The van der Waals surface area contributed by atoms with Crippen molar-refractivity contribution in [2.24, 2.45) is 0 Å². The number of hydrogen-bond acceptors (Lipinski definition) is 3. The first-order valence-electron chi connectivity index (χ1n) is 9.71. The zero-order valence-corrected chi connectivity index (χ0v) is 16.8. The van der Waals surface area contributed by atoms with E-state index in [4.69, 9.17) is 28.3 Å². The summed E-state index contributed by atoms with van der Waals surface area (Å²) in [6.07, 6.45) is 5.84. The van der Waals surface area contributed by atoms with Crippen LogP contribution in [0.4, 0.5) is 5.82 Å². The van der Waals surface area contributed by atoms with Gasteiger partial charge in [0.05, 0.1) is 21.4 Å². The third kappa shape index (κ3) is 3.35. The third-order valence-corrected chi connectivity index (χ3v) is 6.55. The van der Waals surface area contributed by atoms with Crippen molar-refractivity contribution in [3.8, 4) is 5.69 Å². The summed E-state index contributed by atoms with van der Waals surface area (Å²) in [5.74, 6) is 1.64. The lowest BCUT2D eigenvalue weighted by Crippen LogP contribution is -2.33. The highest BCUT2D eigenvalue weighted by atomic mass is 35.5. The van der Waals surface area contributed by atoms with Gasteiger partial charge in [0, 0.05) is 18.0 Å². The maximum Gasteiger partial charge on any atom is 0.133 e. The maximum atomic E-state index is 6.52. The summed E-state index contributed by atoms with van der Waals surface area (Å²) in [5.41, 5.74) is 3.51. The third-order valence-electron chi connectivity index (χ3n) is 5.74. The van der Waals surface area contributed by atoms with E-state index in [0.717, 1.165) is 44.1 Å². The van der Waals surface area contributed by atoms with Crippen molar-refractivity contribution < 1.29 is 0 Å². The van der Waals surface area contributed by atoms with Gasteiger partial charge in [0.2, 0.25) is 0 Å². The van der Waals surface area contributed by atoms with Crippen LogP contribution in [0, 0.1) is 0 Å². The fourth-order valence-corrected chi connectivity index (χ4v) is 4.59. The Kier molecular flexibility index (Phi) is 5.44. The summed E-state index contributed by atoms with van der Waals surface area (Å²) in [5, 5.41) is 9.82. The minimum Gasteiger partial charge on any atom is -0.370 e. The summed E-state index contributed by atoms with van der Waals surface area (Å²) < 4.78 is 2.00. The lowest BCUT2D eigenvalue weighted by molar-refractivity contribution is 0.220. The van der Waals surface area contributed by atoms with Crippen molar-refractivity contribution in [3.63, 3.8) is 0 Å². The molecule has 1 saturated heterocycles. The molecule has 3 heterocycles. The van der Waals surface area contributed by atoms with Gasteiger partial charge in [0.25, 0.3) is 0 Å². The Bertz CT molecular complexity index is 778. The number of fused-ring (bicyclic) bond motifs is 1. The molecule has 0 atom stereocenters. The van der Waals surface area contributed by atoms with Gasteiger partial charge in [-0.15, -0.1) is 0 Å². The molecule has 4 rings (SSSR count). The Balaban J connectivity index is 1.76. The van der Waals surface area contributed by atoms with Gasteiger partial charge in [-0.05, 0) is 63.9 Å². The molecule has 1 aromatic heterocycles. The van der Waals surface area contributed by atoms with E-state index in [1.165, 1.54) is 36.9 Å². The summed E-state index contributed by atoms with van der Waals surface area (Å²) in [6, 6.07) is 5.76. The molecule has 0 amide bonds. The lowest BCUT2D eigenvalue weighted by Gasteiger charge is -2.30. The minimum atomic E-state index is 0.533. The van der Waals surface area contributed by atoms with Gasteiger partial charge in [-0.1, -0.05) is 36.2 Å². The second-order valence-corrected chi connectivity index (χ2v) is 8.07. The first-order valence-corrected chi connectivity index (χ1v) is 10.5. The van der Waals surface area contributed by atoms with Gasteiger partial charge in [0.15, 0.2) is 0 Å². The Morgan fingerprint density at radius 3 is 2.77 bits per heavy atom. The Morgan fingerprint density at radius 1 is 1.19 bits per heavy atom. The quantitative estimate of drug-likeness (QED) is 0.785. The number of nitrogens with one attached hydrogen (secondary N) is 1. The topological polar surface area (TPSA) is 33.1 Å². The summed E-state index contributed by atoms with van der Waals surface area (Å²) in [7, 11) is 0. The average Bonchev–Trinajstić information content (AvgIpc) is 2.85. The Morgan fingerprint density at radius 2 is 2.00 bits per heavy atom. The molecule has 0 bridgehead atoms. The normalized spacial score (nSPS) is 19.0. The monoisotopic (exact) mass is 392 g/mol. The zero-order chi connectivity index (χ0) is 18.1. The second kappa shape index (κ2) is 7.79. The molecular weight excluding hydrogens is 367 g/mol. The largest absolute Gasteiger partial charge is 0.370 e. The number of rotatable bonds is 3. The van der Waals surface area contributed by atoms with E-state index in [0.29, 0.717) is 16.0 Å². The van der Waals surface area contributed by atoms with Crippen LogP contribution in [0.2, 0.25) is 10.0 Å². The molecule has 0 radical (unpaired) electrons. The molecule has 4 nitrogen and oxygen atoms in total. The van der Waals surface area contributed by atoms with Crippen LogP contribution >= 0.6 is 23.2 Å². The van der Waals surface area contributed by atoms with E-state index in [1.54, 1.807) is 0 Å². The number of piperidine rings is 1. The molecule has 1 N–H and O–H groups in total. The lowest BCUT2D eigenvalue weighted by atomic mass is 9.90. The molecule has 2 aliphatic rings. The van der Waals surface area contributed by atoms with Crippen molar-refractivity contribution in [2.45, 2.75) is 44.9 Å².